The van der Waals surface area contributed by atoms with Crippen molar-refractivity contribution in [3.05, 3.63) is 17.0 Å². The molecule has 5 heteroatoms. The van der Waals surface area contributed by atoms with Gasteiger partial charge in [0.25, 0.3) is 5.91 Å². The van der Waals surface area contributed by atoms with Crippen molar-refractivity contribution in [2.75, 3.05) is 14.1 Å². The van der Waals surface area contributed by atoms with E-state index in [1.807, 2.05) is 0 Å². The van der Waals surface area contributed by atoms with Gasteiger partial charge in [0.2, 0.25) is 0 Å². The Morgan fingerprint density at radius 1 is 1.38 bits per heavy atom. The van der Waals surface area contributed by atoms with E-state index in [1.165, 1.54) is 9.58 Å². The summed E-state index contributed by atoms with van der Waals surface area (Å²) in [4.78, 5) is 25.1. The van der Waals surface area contributed by atoms with Gasteiger partial charge < -0.3 is 4.90 Å². The number of carbonyl (C=O) groups excluding carboxylic acids is 2. The van der Waals surface area contributed by atoms with Crippen LogP contribution < -0.4 is 0 Å². The molecule has 1 heterocycles. The van der Waals surface area contributed by atoms with Crippen LogP contribution in [-0.4, -0.2) is 40.5 Å². The Labute approximate surface area is 94.0 Å². The van der Waals surface area contributed by atoms with Crippen molar-refractivity contribution in [3.63, 3.8) is 0 Å². The van der Waals surface area contributed by atoms with Gasteiger partial charge >= 0.3 is 0 Å². The van der Waals surface area contributed by atoms with E-state index in [0.29, 0.717) is 17.8 Å². The van der Waals surface area contributed by atoms with E-state index < -0.39 is 0 Å². The first kappa shape index (κ1) is 10.9. The normalized spacial score (nSPS) is 14.8. The number of carbonyl (C=O) groups is 2. The average Bonchev–Trinajstić information content (AvgIpc) is 2.56. The van der Waals surface area contributed by atoms with E-state index in [9.17, 15) is 9.59 Å². The van der Waals surface area contributed by atoms with Crippen LogP contribution >= 0.6 is 0 Å². The lowest BCUT2D eigenvalue weighted by Gasteiger charge is -2.13. The molecule has 1 aromatic rings. The fourth-order valence-electron chi connectivity index (χ4n) is 2.08. The summed E-state index contributed by atoms with van der Waals surface area (Å²) in [5.74, 6) is -0.0411. The van der Waals surface area contributed by atoms with Gasteiger partial charge in [-0.3, -0.25) is 14.3 Å². The number of ketones is 1. The van der Waals surface area contributed by atoms with Gasteiger partial charge in [-0.25, -0.2) is 0 Å². The van der Waals surface area contributed by atoms with Crippen LogP contribution in [0, 0.1) is 0 Å². The fourth-order valence-corrected chi connectivity index (χ4v) is 2.08. The third-order valence-corrected chi connectivity index (χ3v) is 2.85. The molecule has 5 nitrogen and oxygen atoms in total. The second-order valence-electron chi connectivity index (χ2n) is 4.28. The summed E-state index contributed by atoms with van der Waals surface area (Å²) >= 11 is 0. The van der Waals surface area contributed by atoms with Crippen LogP contribution in [0.2, 0.25) is 0 Å². The molecule has 0 aromatic carbocycles. The standard InChI is InChI=1S/C11H15N3O2/c1-13(2)11(16)9-7-5-4-6-8(15)10(7)14(3)12-9/h4-6H2,1-3H3. The average molecular weight is 221 g/mol. The molecule has 0 radical (unpaired) electrons. The lowest BCUT2D eigenvalue weighted by Crippen LogP contribution is -2.24. The highest BCUT2D eigenvalue weighted by Crippen LogP contribution is 2.24. The predicted molar refractivity (Wildman–Crippen MR) is 58.5 cm³/mol. The molecule has 2 rings (SSSR count). The number of Topliss-reactive ketones (excluding diaryl/α,β-unsaturated/α-hetero) is 1. The van der Waals surface area contributed by atoms with Gasteiger partial charge in [0.15, 0.2) is 11.5 Å². The maximum atomic E-state index is 11.9. The molecule has 1 aromatic heterocycles. The Morgan fingerprint density at radius 3 is 2.69 bits per heavy atom. The Bertz CT molecular complexity index is 460. The molecule has 1 aliphatic carbocycles. The van der Waals surface area contributed by atoms with Crippen LogP contribution in [0.25, 0.3) is 0 Å². The lowest BCUT2D eigenvalue weighted by molar-refractivity contribution is 0.0820. The molecule has 0 saturated heterocycles. The molecule has 0 aliphatic heterocycles. The van der Waals surface area contributed by atoms with Crippen molar-refractivity contribution < 1.29 is 9.59 Å². The Hall–Kier alpha value is -1.65. The molecular formula is C11H15N3O2. The Morgan fingerprint density at radius 2 is 2.06 bits per heavy atom. The third kappa shape index (κ3) is 1.52. The number of hydrogen-bond acceptors (Lipinski definition) is 3. The Kier molecular flexibility index (Phi) is 2.53. The summed E-state index contributed by atoms with van der Waals surface area (Å²) in [6, 6.07) is 0. The molecule has 0 saturated carbocycles. The van der Waals surface area contributed by atoms with Crippen LogP contribution in [0.4, 0.5) is 0 Å². The van der Waals surface area contributed by atoms with Crippen LogP contribution in [0.3, 0.4) is 0 Å². The van der Waals surface area contributed by atoms with Crippen LogP contribution in [0.1, 0.15) is 39.4 Å². The molecular weight excluding hydrogens is 206 g/mol. The fraction of sp³-hybridized carbons (Fsp3) is 0.545. The first-order chi connectivity index (χ1) is 7.52. The monoisotopic (exact) mass is 221 g/mol. The number of aromatic nitrogens is 2. The number of aryl methyl sites for hydroxylation is 1. The topological polar surface area (TPSA) is 55.2 Å². The van der Waals surface area contributed by atoms with Gasteiger partial charge in [-0.15, -0.1) is 0 Å². The SMILES string of the molecule is CN(C)C(=O)c1nn(C)c2c1CCCC2=O. The summed E-state index contributed by atoms with van der Waals surface area (Å²) in [5.41, 5.74) is 1.85. The summed E-state index contributed by atoms with van der Waals surface area (Å²) in [7, 11) is 5.09. The molecule has 1 aliphatic rings. The highest BCUT2D eigenvalue weighted by molar-refractivity contribution is 6.02. The number of amides is 1. The van der Waals surface area contributed by atoms with Crippen LogP contribution in [-0.2, 0) is 13.5 Å². The first-order valence-corrected chi connectivity index (χ1v) is 5.33. The molecule has 0 unspecified atom stereocenters. The zero-order valence-electron chi connectivity index (χ0n) is 9.78. The Balaban J connectivity index is 2.53. The highest BCUT2D eigenvalue weighted by atomic mass is 16.2. The van der Waals surface area contributed by atoms with E-state index in [1.54, 1.807) is 21.1 Å². The predicted octanol–water partition coefficient (Wildman–Crippen LogP) is 0.641. The van der Waals surface area contributed by atoms with E-state index in [4.69, 9.17) is 0 Å². The maximum Gasteiger partial charge on any atom is 0.274 e. The van der Waals surface area contributed by atoms with Crippen molar-refractivity contribution in [2.45, 2.75) is 19.3 Å². The minimum atomic E-state index is -0.133. The van der Waals surface area contributed by atoms with Crippen molar-refractivity contribution in [3.8, 4) is 0 Å². The molecule has 0 spiro atoms. The largest absolute Gasteiger partial charge is 0.343 e. The van der Waals surface area contributed by atoms with Gasteiger partial charge in [0.05, 0.1) is 0 Å². The third-order valence-electron chi connectivity index (χ3n) is 2.85. The zero-order chi connectivity index (χ0) is 11.9. The van der Waals surface area contributed by atoms with E-state index in [-0.39, 0.29) is 11.7 Å². The molecule has 0 bridgehead atoms. The second kappa shape index (κ2) is 3.73. The van der Waals surface area contributed by atoms with Crippen LogP contribution in [0.5, 0.6) is 0 Å². The number of fused-ring (bicyclic) bond motifs is 1. The molecule has 16 heavy (non-hydrogen) atoms. The van der Waals surface area contributed by atoms with Crippen molar-refractivity contribution >= 4 is 11.7 Å². The second-order valence-corrected chi connectivity index (χ2v) is 4.28. The quantitative estimate of drug-likeness (QED) is 0.699. The summed E-state index contributed by atoms with van der Waals surface area (Å²) in [5, 5.41) is 4.17. The van der Waals surface area contributed by atoms with Crippen molar-refractivity contribution in [1.82, 2.24) is 14.7 Å². The maximum absolute atomic E-state index is 11.9. The minimum absolute atomic E-state index is 0.0917. The molecule has 0 fully saturated rings. The molecule has 0 atom stereocenters. The van der Waals surface area contributed by atoms with Gasteiger partial charge in [0.1, 0.15) is 5.69 Å². The summed E-state index contributed by atoms with van der Waals surface area (Å²) < 4.78 is 1.54. The highest BCUT2D eigenvalue weighted by Gasteiger charge is 2.28. The molecule has 86 valence electrons. The summed E-state index contributed by atoms with van der Waals surface area (Å²) in [6.45, 7) is 0. The van der Waals surface area contributed by atoms with Crippen molar-refractivity contribution in [2.24, 2.45) is 7.05 Å². The minimum Gasteiger partial charge on any atom is -0.343 e. The number of nitrogens with zero attached hydrogens (tertiary/aromatic N) is 3. The van der Waals surface area contributed by atoms with Gasteiger partial charge in [-0.05, 0) is 12.8 Å². The lowest BCUT2D eigenvalue weighted by atomic mass is 9.94. The molecule has 1 amide bonds. The van der Waals surface area contributed by atoms with Crippen molar-refractivity contribution in [1.29, 1.82) is 0 Å². The first-order valence-electron chi connectivity index (χ1n) is 5.33. The molecule has 0 N–H and O–H groups in total. The summed E-state index contributed by atoms with van der Waals surface area (Å²) in [6.07, 6.45) is 2.14. The number of rotatable bonds is 1. The van der Waals surface area contributed by atoms with Crippen LogP contribution in [0.15, 0.2) is 0 Å². The van der Waals surface area contributed by atoms with E-state index in [0.717, 1.165) is 18.4 Å². The zero-order valence-corrected chi connectivity index (χ0v) is 9.78. The van der Waals surface area contributed by atoms with E-state index >= 15 is 0 Å². The van der Waals surface area contributed by atoms with Gasteiger partial charge in [-0.2, -0.15) is 5.10 Å². The number of hydrogen-bond donors (Lipinski definition) is 0. The van der Waals surface area contributed by atoms with Gasteiger partial charge in [0, 0.05) is 33.1 Å². The van der Waals surface area contributed by atoms with E-state index in [2.05, 4.69) is 5.10 Å². The smallest absolute Gasteiger partial charge is 0.274 e. The van der Waals surface area contributed by atoms with Gasteiger partial charge in [-0.1, -0.05) is 0 Å².